The topological polar surface area (TPSA) is 108 Å². The van der Waals surface area contributed by atoms with Crippen molar-refractivity contribution in [2.75, 3.05) is 10.6 Å². The van der Waals surface area contributed by atoms with E-state index in [1.807, 2.05) is 12.3 Å². The first-order valence-corrected chi connectivity index (χ1v) is 12.7. The molecule has 178 valence electrons. The van der Waals surface area contributed by atoms with Gasteiger partial charge in [-0.2, -0.15) is 0 Å². The lowest BCUT2D eigenvalue weighted by Gasteiger charge is -2.14. The van der Waals surface area contributed by atoms with Crippen LogP contribution in [0.3, 0.4) is 0 Å². The zero-order chi connectivity index (χ0) is 25.2. The van der Waals surface area contributed by atoms with Crippen LogP contribution in [-0.4, -0.2) is 33.1 Å². The molecule has 0 spiro atoms. The Kier molecular flexibility index (Phi) is 8.72. The average molecular weight is 579 g/mol. The predicted molar refractivity (Wildman–Crippen MR) is 139 cm³/mol. The molecular weight excluding hydrogens is 564 g/mol. The summed E-state index contributed by atoms with van der Waals surface area (Å²) < 4.78 is 0. The quantitative estimate of drug-likeness (QED) is 0.156. The molecule has 1 atom stereocenters. The summed E-state index contributed by atoms with van der Waals surface area (Å²) in [5.41, 5.74) is 0.230. The molecular formula is C21H15Cl4N3O4S2. The first kappa shape index (κ1) is 26.6. The van der Waals surface area contributed by atoms with Crippen LogP contribution in [0.5, 0.6) is 0 Å². The zero-order valence-electron chi connectivity index (χ0n) is 17.4. The molecule has 1 aromatic heterocycles. The van der Waals surface area contributed by atoms with Crippen molar-refractivity contribution in [2.24, 2.45) is 0 Å². The van der Waals surface area contributed by atoms with Crippen LogP contribution in [0.15, 0.2) is 34.5 Å². The molecule has 3 rings (SSSR count). The summed E-state index contributed by atoms with van der Waals surface area (Å²) in [7, 11) is 0. The van der Waals surface area contributed by atoms with Gasteiger partial charge in [0.1, 0.15) is 0 Å². The van der Waals surface area contributed by atoms with Gasteiger partial charge in [-0.3, -0.25) is 9.59 Å². The molecule has 0 bridgehead atoms. The molecule has 0 saturated heterocycles. The van der Waals surface area contributed by atoms with Crippen molar-refractivity contribution in [2.45, 2.75) is 24.0 Å². The normalized spacial score (nSPS) is 11.7. The number of aryl methyl sites for hydroxylation is 1. The first-order chi connectivity index (χ1) is 16.0. The second-order valence-corrected chi connectivity index (χ2v) is 10.6. The predicted octanol–water partition coefficient (Wildman–Crippen LogP) is 7.13. The molecule has 0 radical (unpaired) electrons. The number of thioether (sulfide) groups is 1. The van der Waals surface area contributed by atoms with Crippen molar-refractivity contribution in [1.29, 1.82) is 0 Å². The van der Waals surface area contributed by atoms with Crippen LogP contribution >= 0.6 is 69.5 Å². The van der Waals surface area contributed by atoms with E-state index in [4.69, 9.17) is 46.4 Å². The van der Waals surface area contributed by atoms with Crippen molar-refractivity contribution in [3.05, 3.63) is 66.6 Å². The van der Waals surface area contributed by atoms with Gasteiger partial charge in [0, 0.05) is 16.0 Å². The molecule has 7 nitrogen and oxygen atoms in total. The Morgan fingerprint density at radius 2 is 1.56 bits per heavy atom. The van der Waals surface area contributed by atoms with E-state index in [1.165, 1.54) is 23.1 Å². The van der Waals surface area contributed by atoms with Gasteiger partial charge < -0.3 is 15.7 Å². The molecule has 0 aliphatic heterocycles. The summed E-state index contributed by atoms with van der Waals surface area (Å²) in [6.45, 7) is 3.61. The Bertz CT molecular complexity index is 1280. The number of hydrogen-bond acceptors (Lipinski definition) is 6. The third-order valence-electron chi connectivity index (χ3n) is 4.35. The van der Waals surface area contributed by atoms with E-state index in [0.717, 1.165) is 10.6 Å². The van der Waals surface area contributed by atoms with Crippen molar-refractivity contribution in [1.82, 2.24) is 4.98 Å². The average Bonchev–Trinajstić information content (AvgIpc) is 3.19. The number of thiazole rings is 1. The van der Waals surface area contributed by atoms with Crippen LogP contribution in [0.4, 0.5) is 10.8 Å². The number of carboxylic acid groups (broad SMARTS) is 1. The van der Waals surface area contributed by atoms with E-state index in [1.54, 1.807) is 31.2 Å². The van der Waals surface area contributed by atoms with Gasteiger partial charge in [0.05, 0.1) is 42.2 Å². The van der Waals surface area contributed by atoms with Crippen LogP contribution in [-0.2, 0) is 4.79 Å². The fourth-order valence-corrected chi connectivity index (χ4v) is 5.31. The van der Waals surface area contributed by atoms with E-state index in [2.05, 4.69) is 15.6 Å². The molecule has 3 N–H and O–H groups in total. The summed E-state index contributed by atoms with van der Waals surface area (Å²) in [4.78, 5) is 41.9. The number of nitrogens with one attached hydrogen (secondary N) is 2. The lowest BCUT2D eigenvalue weighted by atomic mass is 10.1. The van der Waals surface area contributed by atoms with Gasteiger partial charge >= 0.3 is 5.97 Å². The number of anilines is 2. The summed E-state index contributed by atoms with van der Waals surface area (Å²) in [5.74, 6) is -2.50. The number of rotatable bonds is 7. The van der Waals surface area contributed by atoms with Crippen LogP contribution in [0.25, 0.3) is 0 Å². The summed E-state index contributed by atoms with van der Waals surface area (Å²) in [5, 5.41) is 15.6. The molecule has 3 aromatic rings. The molecule has 1 heterocycles. The number of carbonyl (C=O) groups excluding carboxylic acids is 2. The molecule has 1 unspecified atom stereocenters. The Morgan fingerprint density at radius 3 is 2.09 bits per heavy atom. The zero-order valence-corrected chi connectivity index (χ0v) is 22.1. The number of carbonyl (C=O) groups is 3. The number of amides is 2. The molecule has 0 aliphatic carbocycles. The first-order valence-electron chi connectivity index (χ1n) is 9.39. The minimum atomic E-state index is -1.48. The SMILES string of the molecule is Cc1csc(NC(=O)C(C)Sc2ccc(NC(=O)c3c(Cl)c(Cl)c(Cl)c(Cl)c3C(=O)O)cc2)n1. The highest BCUT2D eigenvalue weighted by atomic mass is 35.5. The second-order valence-electron chi connectivity index (χ2n) is 6.83. The van der Waals surface area contributed by atoms with Gasteiger partial charge in [0.15, 0.2) is 5.13 Å². The van der Waals surface area contributed by atoms with E-state index in [-0.39, 0.29) is 26.0 Å². The number of aromatic carboxylic acids is 1. The summed E-state index contributed by atoms with van der Waals surface area (Å²) in [6, 6.07) is 6.61. The Morgan fingerprint density at radius 1 is 0.971 bits per heavy atom. The van der Waals surface area contributed by atoms with Gasteiger partial charge in [-0.05, 0) is 38.1 Å². The number of nitrogens with zero attached hydrogens (tertiary/aromatic N) is 1. The van der Waals surface area contributed by atoms with Gasteiger partial charge in [0.25, 0.3) is 5.91 Å². The van der Waals surface area contributed by atoms with E-state index in [9.17, 15) is 19.5 Å². The maximum absolute atomic E-state index is 12.8. The number of benzene rings is 2. The van der Waals surface area contributed by atoms with Gasteiger partial charge in [0.2, 0.25) is 5.91 Å². The molecule has 2 aromatic carbocycles. The van der Waals surface area contributed by atoms with Crippen molar-refractivity contribution in [3.8, 4) is 0 Å². The third-order valence-corrected chi connectivity index (χ3v) is 8.14. The Balaban J connectivity index is 1.72. The lowest BCUT2D eigenvalue weighted by molar-refractivity contribution is -0.115. The fraction of sp³-hybridized carbons (Fsp3) is 0.143. The number of aromatic nitrogens is 1. The highest BCUT2D eigenvalue weighted by Gasteiger charge is 2.29. The lowest BCUT2D eigenvalue weighted by Crippen LogP contribution is -2.22. The standard InChI is InChI=1S/C21H15Cl4N3O4S2/c1-8-7-33-21(26-8)28-18(29)9(2)34-11-5-3-10(4-6-11)27-19(30)12-13(20(31)32)15(23)17(25)16(24)14(12)22/h3-7,9H,1-2H3,(H,27,30)(H,31,32)(H,26,28,29). The van der Waals surface area contributed by atoms with E-state index >= 15 is 0 Å². The van der Waals surface area contributed by atoms with Gasteiger partial charge in [-0.15, -0.1) is 23.1 Å². The number of carboxylic acids is 1. The van der Waals surface area contributed by atoms with Crippen molar-refractivity contribution < 1.29 is 19.5 Å². The largest absolute Gasteiger partial charge is 0.478 e. The monoisotopic (exact) mass is 577 g/mol. The van der Waals surface area contributed by atoms with Crippen LogP contribution < -0.4 is 10.6 Å². The van der Waals surface area contributed by atoms with Gasteiger partial charge in [-0.1, -0.05) is 46.4 Å². The van der Waals surface area contributed by atoms with Crippen LogP contribution in [0.2, 0.25) is 20.1 Å². The van der Waals surface area contributed by atoms with E-state index < -0.39 is 28.3 Å². The fourth-order valence-electron chi connectivity index (χ4n) is 2.73. The molecule has 0 aliphatic rings. The highest BCUT2D eigenvalue weighted by Crippen LogP contribution is 2.42. The maximum Gasteiger partial charge on any atom is 0.338 e. The second kappa shape index (κ2) is 11.2. The van der Waals surface area contributed by atoms with Crippen molar-refractivity contribution in [3.63, 3.8) is 0 Å². The number of hydrogen-bond donors (Lipinski definition) is 3. The van der Waals surface area contributed by atoms with Crippen LogP contribution in [0.1, 0.15) is 33.3 Å². The number of halogens is 4. The molecule has 13 heteroatoms. The maximum atomic E-state index is 12.8. The third kappa shape index (κ3) is 5.97. The highest BCUT2D eigenvalue weighted by molar-refractivity contribution is 8.00. The Hall–Kier alpha value is -2.01. The van der Waals surface area contributed by atoms with E-state index in [0.29, 0.717) is 10.8 Å². The summed E-state index contributed by atoms with van der Waals surface area (Å²) in [6.07, 6.45) is 0. The molecule has 0 saturated carbocycles. The molecule has 2 amide bonds. The Labute approximate surface area is 222 Å². The molecule has 34 heavy (non-hydrogen) atoms. The minimum Gasteiger partial charge on any atom is -0.478 e. The molecule has 0 fully saturated rings. The smallest absolute Gasteiger partial charge is 0.338 e. The minimum absolute atomic E-state index is 0.191. The van der Waals surface area contributed by atoms with Crippen molar-refractivity contribution >= 4 is 98.1 Å². The summed E-state index contributed by atoms with van der Waals surface area (Å²) >= 11 is 26.7. The van der Waals surface area contributed by atoms with Gasteiger partial charge in [-0.25, -0.2) is 9.78 Å². The van der Waals surface area contributed by atoms with Crippen LogP contribution in [0, 0.1) is 6.92 Å².